The van der Waals surface area contributed by atoms with Crippen LogP contribution in [0, 0.1) is 27.4 Å². The van der Waals surface area contributed by atoms with Gasteiger partial charge in [0.1, 0.15) is 24.9 Å². The zero-order valence-corrected chi connectivity index (χ0v) is 18.1. The third-order valence-corrected chi connectivity index (χ3v) is 5.80. The summed E-state index contributed by atoms with van der Waals surface area (Å²) >= 11 is 0. The minimum Gasteiger partial charge on any atom is -0.486 e. The van der Waals surface area contributed by atoms with E-state index < -0.39 is 28.2 Å². The molecule has 1 aromatic heterocycles. The number of carbonyl (C=O) groups is 1. The minimum atomic E-state index is -1.34. The molecule has 2 unspecified atom stereocenters. The van der Waals surface area contributed by atoms with Gasteiger partial charge in [0, 0.05) is 24.1 Å². The number of aromatic amines is 1. The zero-order chi connectivity index (χ0) is 24.5. The second-order valence-corrected chi connectivity index (χ2v) is 7.90. The van der Waals surface area contributed by atoms with E-state index in [1.807, 2.05) is 18.2 Å². The molecule has 2 aliphatic heterocycles. The van der Waals surface area contributed by atoms with Gasteiger partial charge in [0.25, 0.3) is 11.2 Å². The van der Waals surface area contributed by atoms with E-state index in [1.54, 1.807) is 12.1 Å². The van der Waals surface area contributed by atoms with Gasteiger partial charge in [0.05, 0.1) is 16.6 Å². The van der Waals surface area contributed by atoms with Crippen LogP contribution in [0.3, 0.4) is 0 Å². The fraction of sp³-hybridized carbons (Fsp3) is 0.217. The average molecular weight is 474 g/mol. The Morgan fingerprint density at radius 2 is 1.94 bits per heavy atom. The lowest BCUT2D eigenvalue weighted by Crippen LogP contribution is -2.38. The molecule has 0 fully saturated rings. The summed E-state index contributed by atoms with van der Waals surface area (Å²) < 4.78 is 11.1. The number of rotatable bonds is 5. The van der Waals surface area contributed by atoms with E-state index in [0.29, 0.717) is 24.7 Å². The summed E-state index contributed by atoms with van der Waals surface area (Å²) in [6.07, 6.45) is 0. The van der Waals surface area contributed by atoms with E-state index in [9.17, 15) is 25.0 Å². The monoisotopic (exact) mass is 474 g/mol. The predicted octanol–water partition coefficient (Wildman–Crippen LogP) is 2.29. The van der Waals surface area contributed by atoms with Crippen LogP contribution in [-0.4, -0.2) is 34.0 Å². The van der Waals surface area contributed by atoms with Crippen molar-refractivity contribution in [2.75, 3.05) is 23.8 Å². The Hall–Kier alpha value is -4.92. The molecule has 0 spiro atoms. The first-order valence-corrected chi connectivity index (χ1v) is 10.7. The van der Waals surface area contributed by atoms with Crippen LogP contribution in [0.4, 0.5) is 17.5 Å². The van der Waals surface area contributed by atoms with Crippen molar-refractivity contribution >= 4 is 23.4 Å². The third-order valence-electron chi connectivity index (χ3n) is 5.80. The highest BCUT2D eigenvalue weighted by Crippen LogP contribution is 2.41. The number of benzene rings is 2. The fourth-order valence-corrected chi connectivity index (χ4v) is 4.23. The van der Waals surface area contributed by atoms with Crippen LogP contribution in [0.1, 0.15) is 22.6 Å². The largest absolute Gasteiger partial charge is 0.486 e. The Labute approximate surface area is 197 Å². The molecule has 5 rings (SSSR count). The van der Waals surface area contributed by atoms with E-state index in [4.69, 9.17) is 9.47 Å². The van der Waals surface area contributed by atoms with Crippen LogP contribution in [0.15, 0.2) is 47.3 Å². The molecule has 0 saturated heterocycles. The number of carbonyl (C=O) groups excluding carboxylic acids is 1. The first-order chi connectivity index (χ1) is 17.0. The van der Waals surface area contributed by atoms with Crippen LogP contribution in [-0.2, 0) is 11.3 Å². The van der Waals surface area contributed by atoms with E-state index in [1.165, 1.54) is 18.2 Å². The Morgan fingerprint density at radius 3 is 2.71 bits per heavy atom. The molecule has 3 aromatic rings. The summed E-state index contributed by atoms with van der Waals surface area (Å²) in [6.45, 7) is 1.21. The average Bonchev–Trinajstić information content (AvgIpc) is 2.86. The molecule has 2 atom stereocenters. The van der Waals surface area contributed by atoms with Crippen molar-refractivity contribution < 1.29 is 19.2 Å². The number of nitriles is 1. The predicted molar refractivity (Wildman–Crippen MR) is 122 cm³/mol. The number of para-hydroxylation sites is 1. The number of anilines is 2. The molecular formula is C23H18N6O6. The quantitative estimate of drug-likeness (QED) is 0.370. The molecule has 2 aliphatic rings. The lowest BCUT2D eigenvalue weighted by Gasteiger charge is -2.28. The highest BCUT2D eigenvalue weighted by Gasteiger charge is 2.42. The number of nitrogens with one attached hydrogen (secondary N) is 3. The van der Waals surface area contributed by atoms with Gasteiger partial charge in [-0.2, -0.15) is 10.2 Å². The number of aromatic nitrogens is 2. The highest BCUT2D eigenvalue weighted by molar-refractivity contribution is 5.98. The number of fused-ring (bicyclic) bond motifs is 2. The van der Waals surface area contributed by atoms with Crippen LogP contribution in [0.5, 0.6) is 11.5 Å². The topological polar surface area (TPSA) is 172 Å². The SMILES string of the molecule is N#CC1C(=O)Nc2nc(NCc3ccc4c(c3)OCCO4)[nH]c(=O)c2C1c1ccccc1[N+](=O)[O-]. The van der Waals surface area contributed by atoms with Crippen LogP contribution in [0.25, 0.3) is 0 Å². The lowest BCUT2D eigenvalue weighted by molar-refractivity contribution is -0.385. The Balaban J connectivity index is 1.49. The zero-order valence-electron chi connectivity index (χ0n) is 18.1. The molecule has 35 heavy (non-hydrogen) atoms. The maximum absolute atomic E-state index is 13.1. The van der Waals surface area contributed by atoms with Gasteiger partial charge in [-0.1, -0.05) is 24.3 Å². The summed E-state index contributed by atoms with van der Waals surface area (Å²) in [4.78, 5) is 43.7. The molecule has 12 nitrogen and oxygen atoms in total. The first kappa shape index (κ1) is 21.9. The number of nitro groups is 1. The van der Waals surface area contributed by atoms with Gasteiger partial charge in [-0.05, 0) is 17.7 Å². The molecule has 1 amide bonds. The fourth-order valence-electron chi connectivity index (χ4n) is 4.23. The number of amides is 1. The summed E-state index contributed by atoms with van der Waals surface area (Å²) in [5.41, 5.74) is -0.0116. The van der Waals surface area contributed by atoms with E-state index in [2.05, 4.69) is 20.6 Å². The smallest absolute Gasteiger partial charge is 0.273 e. The van der Waals surface area contributed by atoms with Crippen molar-refractivity contribution in [2.24, 2.45) is 5.92 Å². The van der Waals surface area contributed by atoms with Gasteiger partial charge in [-0.15, -0.1) is 0 Å². The van der Waals surface area contributed by atoms with Crippen molar-refractivity contribution in [1.82, 2.24) is 9.97 Å². The van der Waals surface area contributed by atoms with E-state index >= 15 is 0 Å². The van der Waals surface area contributed by atoms with Crippen molar-refractivity contribution in [3.63, 3.8) is 0 Å². The Kier molecular flexibility index (Phi) is 5.50. The maximum Gasteiger partial charge on any atom is 0.273 e. The molecule has 0 bridgehead atoms. The van der Waals surface area contributed by atoms with Crippen LogP contribution >= 0.6 is 0 Å². The summed E-state index contributed by atoms with van der Waals surface area (Å²) in [7, 11) is 0. The van der Waals surface area contributed by atoms with Crippen molar-refractivity contribution in [3.8, 4) is 17.6 Å². The minimum absolute atomic E-state index is 0.0182. The van der Waals surface area contributed by atoms with Gasteiger partial charge in [-0.3, -0.25) is 24.7 Å². The van der Waals surface area contributed by atoms with Crippen molar-refractivity contribution in [3.05, 3.63) is 79.6 Å². The van der Waals surface area contributed by atoms with Crippen molar-refractivity contribution in [2.45, 2.75) is 12.5 Å². The number of hydrogen-bond donors (Lipinski definition) is 3. The normalized spacial score (nSPS) is 18.1. The molecule has 176 valence electrons. The van der Waals surface area contributed by atoms with Gasteiger partial charge >= 0.3 is 0 Å². The second-order valence-electron chi connectivity index (χ2n) is 7.90. The Morgan fingerprint density at radius 1 is 1.17 bits per heavy atom. The third kappa shape index (κ3) is 3.99. The number of nitro benzene ring substituents is 1. The van der Waals surface area contributed by atoms with Gasteiger partial charge in [0.2, 0.25) is 11.9 Å². The molecule has 0 aliphatic carbocycles. The van der Waals surface area contributed by atoms with Crippen LogP contribution in [0.2, 0.25) is 0 Å². The second kappa shape index (κ2) is 8.79. The lowest BCUT2D eigenvalue weighted by atomic mass is 9.78. The number of ether oxygens (including phenoxy) is 2. The number of hydrogen-bond acceptors (Lipinski definition) is 9. The molecule has 12 heteroatoms. The van der Waals surface area contributed by atoms with Gasteiger partial charge in [-0.25, -0.2) is 0 Å². The summed E-state index contributed by atoms with van der Waals surface area (Å²) in [6, 6.07) is 13.0. The van der Waals surface area contributed by atoms with E-state index in [0.717, 1.165) is 5.56 Å². The molecule has 2 aromatic carbocycles. The number of H-pyrrole nitrogens is 1. The highest BCUT2D eigenvalue weighted by atomic mass is 16.6. The standard InChI is InChI=1S/C23H18N6O6/c24-10-14-18(13-3-1-2-4-15(13)29(32)33)19-20(26-21(14)30)27-23(28-22(19)31)25-11-12-5-6-16-17(9-12)35-8-7-34-16/h1-6,9,14,18H,7-8,11H2,(H3,25,26,27,28,30,31). The van der Waals surface area contributed by atoms with E-state index in [-0.39, 0.29) is 35.1 Å². The molecular weight excluding hydrogens is 456 g/mol. The molecule has 3 N–H and O–H groups in total. The van der Waals surface area contributed by atoms with Gasteiger partial charge < -0.3 is 20.1 Å². The Bertz CT molecular complexity index is 1450. The van der Waals surface area contributed by atoms with Crippen molar-refractivity contribution in [1.29, 1.82) is 5.26 Å². The number of nitrogens with zero attached hydrogens (tertiary/aromatic N) is 3. The maximum atomic E-state index is 13.1. The van der Waals surface area contributed by atoms with Gasteiger partial charge in [0.15, 0.2) is 11.5 Å². The molecule has 0 saturated carbocycles. The summed E-state index contributed by atoms with van der Waals surface area (Å²) in [5.74, 6) is -1.91. The summed E-state index contributed by atoms with van der Waals surface area (Å²) in [5, 5.41) is 26.7. The molecule has 0 radical (unpaired) electrons. The van der Waals surface area contributed by atoms with Crippen LogP contribution < -0.4 is 25.7 Å². The first-order valence-electron chi connectivity index (χ1n) is 10.7. The molecule has 3 heterocycles.